The molecule has 1 amide bonds. The first-order valence-corrected chi connectivity index (χ1v) is 7.33. The van der Waals surface area contributed by atoms with Crippen molar-refractivity contribution in [1.82, 2.24) is 5.32 Å². The topological polar surface area (TPSA) is 75.6 Å². The van der Waals surface area contributed by atoms with Gasteiger partial charge in [0.15, 0.2) is 11.6 Å². The van der Waals surface area contributed by atoms with E-state index in [2.05, 4.69) is 5.32 Å². The molecule has 0 fully saturated rings. The van der Waals surface area contributed by atoms with Crippen LogP contribution in [0.4, 0.5) is 4.39 Å². The van der Waals surface area contributed by atoms with Crippen molar-refractivity contribution in [3.63, 3.8) is 0 Å². The second kappa shape index (κ2) is 9.02. The maximum Gasteiger partial charge on any atom is 0.326 e. The fraction of sp³-hybridized carbons (Fsp3) is 0.500. The van der Waals surface area contributed by atoms with Crippen LogP contribution < -0.4 is 10.1 Å². The fourth-order valence-corrected chi connectivity index (χ4v) is 2.09. The SMILES string of the molecule is CCCCC(NC(=O)CCc1cccc(OC)c1F)C(=O)O. The number of carboxylic acids is 1. The lowest BCUT2D eigenvalue weighted by Gasteiger charge is -2.14. The Labute approximate surface area is 129 Å². The highest BCUT2D eigenvalue weighted by molar-refractivity contribution is 5.83. The molecule has 1 aromatic rings. The number of aliphatic carboxylic acids is 1. The third-order valence-corrected chi connectivity index (χ3v) is 3.36. The number of unbranched alkanes of at least 4 members (excludes halogenated alkanes) is 1. The largest absolute Gasteiger partial charge is 0.494 e. The summed E-state index contributed by atoms with van der Waals surface area (Å²) in [6, 6.07) is 3.85. The van der Waals surface area contributed by atoms with Gasteiger partial charge in [-0.1, -0.05) is 31.9 Å². The predicted molar refractivity (Wildman–Crippen MR) is 80.4 cm³/mol. The molecule has 122 valence electrons. The van der Waals surface area contributed by atoms with Gasteiger partial charge in [-0.2, -0.15) is 0 Å². The van der Waals surface area contributed by atoms with E-state index in [0.29, 0.717) is 12.0 Å². The number of aryl methyl sites for hydroxylation is 1. The summed E-state index contributed by atoms with van der Waals surface area (Å²) in [5.41, 5.74) is 0.370. The fourth-order valence-electron chi connectivity index (χ4n) is 2.09. The van der Waals surface area contributed by atoms with Crippen molar-refractivity contribution in [2.24, 2.45) is 0 Å². The molecule has 0 saturated carbocycles. The molecule has 22 heavy (non-hydrogen) atoms. The number of hydrogen-bond donors (Lipinski definition) is 2. The number of nitrogens with one attached hydrogen (secondary N) is 1. The Morgan fingerprint density at radius 1 is 1.41 bits per heavy atom. The molecule has 0 saturated heterocycles. The van der Waals surface area contributed by atoms with Crippen molar-refractivity contribution in [1.29, 1.82) is 0 Å². The van der Waals surface area contributed by atoms with E-state index >= 15 is 0 Å². The molecule has 0 aliphatic carbocycles. The maximum absolute atomic E-state index is 13.9. The van der Waals surface area contributed by atoms with Gasteiger partial charge in [0.05, 0.1) is 7.11 Å². The number of ether oxygens (including phenoxy) is 1. The summed E-state index contributed by atoms with van der Waals surface area (Å²) in [6.45, 7) is 1.95. The highest BCUT2D eigenvalue weighted by Crippen LogP contribution is 2.20. The van der Waals surface area contributed by atoms with Gasteiger partial charge in [-0.3, -0.25) is 4.79 Å². The molecule has 0 bridgehead atoms. The van der Waals surface area contributed by atoms with Crippen LogP contribution >= 0.6 is 0 Å². The normalized spacial score (nSPS) is 11.8. The van der Waals surface area contributed by atoms with Gasteiger partial charge in [0, 0.05) is 6.42 Å². The van der Waals surface area contributed by atoms with E-state index in [1.165, 1.54) is 13.2 Å². The van der Waals surface area contributed by atoms with Gasteiger partial charge >= 0.3 is 5.97 Å². The molecule has 2 N–H and O–H groups in total. The number of benzene rings is 1. The lowest BCUT2D eigenvalue weighted by molar-refractivity contribution is -0.142. The smallest absolute Gasteiger partial charge is 0.326 e. The third kappa shape index (κ3) is 5.35. The summed E-state index contributed by atoms with van der Waals surface area (Å²) in [7, 11) is 1.38. The molecular weight excluding hydrogens is 289 g/mol. The Bertz CT molecular complexity index is 519. The van der Waals surface area contributed by atoms with Gasteiger partial charge < -0.3 is 15.2 Å². The molecule has 0 spiro atoms. The predicted octanol–water partition coefficient (Wildman–Crippen LogP) is 2.53. The Morgan fingerprint density at radius 2 is 2.14 bits per heavy atom. The van der Waals surface area contributed by atoms with E-state index in [0.717, 1.165) is 12.8 Å². The second-order valence-corrected chi connectivity index (χ2v) is 5.03. The first kappa shape index (κ1) is 17.9. The first-order valence-electron chi connectivity index (χ1n) is 7.33. The van der Waals surface area contributed by atoms with Crippen LogP contribution in [0.15, 0.2) is 18.2 Å². The molecule has 1 rings (SSSR count). The lowest BCUT2D eigenvalue weighted by atomic mass is 10.1. The highest BCUT2D eigenvalue weighted by atomic mass is 19.1. The molecule has 0 aliphatic rings. The van der Waals surface area contributed by atoms with E-state index in [4.69, 9.17) is 9.84 Å². The minimum absolute atomic E-state index is 0.0278. The Kier molecular flexibility index (Phi) is 7.36. The molecule has 6 heteroatoms. The van der Waals surface area contributed by atoms with Crippen LogP contribution in [0.3, 0.4) is 0 Å². The summed E-state index contributed by atoms with van der Waals surface area (Å²) in [5.74, 6) is -1.80. The first-order chi connectivity index (χ1) is 10.5. The summed E-state index contributed by atoms with van der Waals surface area (Å²) >= 11 is 0. The molecule has 0 aliphatic heterocycles. The Morgan fingerprint density at radius 3 is 2.73 bits per heavy atom. The van der Waals surface area contributed by atoms with Crippen molar-refractivity contribution < 1.29 is 23.8 Å². The standard InChI is InChI=1S/C16H22FNO4/c1-3-4-7-12(16(20)21)18-14(19)10-9-11-6-5-8-13(22-2)15(11)17/h5-6,8,12H,3-4,7,9-10H2,1-2H3,(H,18,19)(H,20,21). The van der Waals surface area contributed by atoms with Gasteiger partial charge in [-0.05, 0) is 24.5 Å². The van der Waals surface area contributed by atoms with Crippen LogP contribution in [0, 0.1) is 5.82 Å². The quantitative estimate of drug-likeness (QED) is 0.735. The third-order valence-electron chi connectivity index (χ3n) is 3.36. The van der Waals surface area contributed by atoms with Crippen LogP contribution in [0.2, 0.25) is 0 Å². The molecule has 1 aromatic carbocycles. The lowest BCUT2D eigenvalue weighted by Crippen LogP contribution is -2.40. The molecule has 0 radical (unpaired) electrons. The van der Waals surface area contributed by atoms with Crippen LogP contribution in [0.1, 0.15) is 38.2 Å². The molecule has 5 nitrogen and oxygen atoms in total. The average Bonchev–Trinajstić information content (AvgIpc) is 2.50. The molecule has 0 heterocycles. The number of rotatable bonds is 9. The van der Waals surface area contributed by atoms with Crippen molar-refractivity contribution in [2.75, 3.05) is 7.11 Å². The monoisotopic (exact) mass is 311 g/mol. The molecular formula is C16H22FNO4. The van der Waals surface area contributed by atoms with Gasteiger partial charge in [0.1, 0.15) is 6.04 Å². The van der Waals surface area contributed by atoms with E-state index < -0.39 is 23.7 Å². The van der Waals surface area contributed by atoms with Crippen LogP contribution in [0.25, 0.3) is 0 Å². The number of carbonyl (C=O) groups excluding carboxylic acids is 1. The maximum atomic E-state index is 13.9. The van der Waals surface area contributed by atoms with Crippen molar-refractivity contribution in [2.45, 2.75) is 45.1 Å². The van der Waals surface area contributed by atoms with Gasteiger partial charge in [-0.25, -0.2) is 9.18 Å². The van der Waals surface area contributed by atoms with E-state index in [-0.39, 0.29) is 18.6 Å². The van der Waals surface area contributed by atoms with Crippen LogP contribution in [-0.4, -0.2) is 30.1 Å². The number of methoxy groups -OCH3 is 1. The van der Waals surface area contributed by atoms with E-state index in [9.17, 15) is 14.0 Å². The van der Waals surface area contributed by atoms with Crippen molar-refractivity contribution in [3.8, 4) is 5.75 Å². The zero-order chi connectivity index (χ0) is 16.5. The Hall–Kier alpha value is -2.11. The molecule has 0 aromatic heterocycles. The van der Waals surface area contributed by atoms with Crippen LogP contribution in [-0.2, 0) is 16.0 Å². The summed E-state index contributed by atoms with van der Waals surface area (Å²) in [5, 5.41) is 11.5. The molecule has 1 atom stereocenters. The van der Waals surface area contributed by atoms with Crippen LogP contribution in [0.5, 0.6) is 5.75 Å². The van der Waals surface area contributed by atoms with E-state index in [1.54, 1.807) is 12.1 Å². The average molecular weight is 311 g/mol. The van der Waals surface area contributed by atoms with E-state index in [1.807, 2.05) is 6.92 Å². The number of carbonyl (C=O) groups is 2. The number of carboxylic acid groups (broad SMARTS) is 1. The highest BCUT2D eigenvalue weighted by Gasteiger charge is 2.19. The molecule has 1 unspecified atom stereocenters. The number of amides is 1. The Balaban J connectivity index is 2.56. The second-order valence-electron chi connectivity index (χ2n) is 5.03. The number of hydrogen-bond acceptors (Lipinski definition) is 3. The zero-order valence-corrected chi connectivity index (χ0v) is 12.9. The number of halogens is 1. The minimum Gasteiger partial charge on any atom is -0.494 e. The van der Waals surface area contributed by atoms with Gasteiger partial charge in [-0.15, -0.1) is 0 Å². The van der Waals surface area contributed by atoms with Gasteiger partial charge in [0.25, 0.3) is 0 Å². The minimum atomic E-state index is -1.05. The van der Waals surface area contributed by atoms with Crippen molar-refractivity contribution in [3.05, 3.63) is 29.6 Å². The zero-order valence-electron chi connectivity index (χ0n) is 12.9. The summed E-state index contributed by atoms with van der Waals surface area (Å²) in [6.07, 6.45) is 2.19. The summed E-state index contributed by atoms with van der Waals surface area (Å²) < 4.78 is 18.8. The van der Waals surface area contributed by atoms with Gasteiger partial charge in [0.2, 0.25) is 5.91 Å². The summed E-state index contributed by atoms with van der Waals surface area (Å²) in [4.78, 5) is 22.9. The van der Waals surface area contributed by atoms with Crippen molar-refractivity contribution >= 4 is 11.9 Å².